The van der Waals surface area contributed by atoms with E-state index < -0.39 is 11.4 Å². The molecule has 6 heteroatoms. The van der Waals surface area contributed by atoms with Crippen LogP contribution < -0.4 is 0 Å². The van der Waals surface area contributed by atoms with Gasteiger partial charge in [0, 0.05) is 23.9 Å². The number of carbonyl (C=O) groups is 2. The number of hydrogen-bond donors (Lipinski definition) is 1. The van der Waals surface area contributed by atoms with Crippen LogP contribution in [-0.4, -0.2) is 26.6 Å². The van der Waals surface area contributed by atoms with Gasteiger partial charge in [0.25, 0.3) is 0 Å². The molecule has 2 aliphatic carbocycles. The summed E-state index contributed by atoms with van der Waals surface area (Å²) >= 11 is 0. The second-order valence-electron chi connectivity index (χ2n) is 6.36. The number of carboxylic acids is 1. The van der Waals surface area contributed by atoms with E-state index >= 15 is 0 Å². The lowest BCUT2D eigenvalue weighted by Crippen LogP contribution is -2.45. The molecule has 0 amide bonds. The van der Waals surface area contributed by atoms with Crippen LogP contribution in [0.5, 0.6) is 0 Å². The number of fused-ring (bicyclic) bond motifs is 3. The number of rotatable bonds is 1. The monoisotopic (exact) mass is 299 g/mol. The van der Waals surface area contributed by atoms with Crippen molar-refractivity contribution >= 4 is 11.8 Å². The molecular formula is C16H17N3O3. The van der Waals surface area contributed by atoms with Crippen molar-refractivity contribution in [1.29, 1.82) is 5.26 Å². The van der Waals surface area contributed by atoms with Crippen molar-refractivity contribution in [1.82, 2.24) is 9.78 Å². The van der Waals surface area contributed by atoms with Gasteiger partial charge in [-0.1, -0.05) is 19.9 Å². The van der Waals surface area contributed by atoms with Gasteiger partial charge in [-0.05, 0) is 18.8 Å². The van der Waals surface area contributed by atoms with Crippen molar-refractivity contribution in [3.8, 4) is 6.07 Å². The molecule has 22 heavy (non-hydrogen) atoms. The fraction of sp³-hybridized carbons (Fsp3) is 0.500. The summed E-state index contributed by atoms with van der Waals surface area (Å²) < 4.78 is 1.39. The average molecular weight is 299 g/mol. The van der Waals surface area contributed by atoms with Crippen molar-refractivity contribution in [2.45, 2.75) is 32.1 Å². The number of Topliss-reactive ketones (excluding diaryl/α,β-unsaturated/α-hetero) is 1. The van der Waals surface area contributed by atoms with Crippen LogP contribution in [0.25, 0.3) is 0 Å². The summed E-state index contributed by atoms with van der Waals surface area (Å²) in [6.45, 7) is 3.80. The smallest absolute Gasteiger partial charge is 0.354 e. The van der Waals surface area contributed by atoms with Gasteiger partial charge in [-0.25, -0.2) is 4.79 Å². The second-order valence-corrected chi connectivity index (χ2v) is 6.36. The van der Waals surface area contributed by atoms with E-state index in [1.54, 1.807) is 13.1 Å². The summed E-state index contributed by atoms with van der Waals surface area (Å²) in [5.74, 6) is -1.33. The molecular weight excluding hydrogens is 282 g/mol. The van der Waals surface area contributed by atoms with Gasteiger partial charge >= 0.3 is 5.97 Å². The van der Waals surface area contributed by atoms with Crippen LogP contribution in [0, 0.1) is 23.2 Å². The van der Waals surface area contributed by atoms with Gasteiger partial charge in [0.1, 0.15) is 11.8 Å². The molecule has 0 fully saturated rings. The average Bonchev–Trinajstić information content (AvgIpc) is 2.80. The molecule has 0 spiro atoms. The highest BCUT2D eigenvalue weighted by Crippen LogP contribution is 2.49. The Morgan fingerprint density at radius 1 is 1.59 bits per heavy atom. The van der Waals surface area contributed by atoms with Crippen LogP contribution in [0.4, 0.5) is 0 Å². The molecule has 2 aliphatic rings. The predicted octanol–water partition coefficient (Wildman–Crippen LogP) is 1.61. The van der Waals surface area contributed by atoms with E-state index in [1.165, 1.54) is 4.68 Å². The van der Waals surface area contributed by atoms with Crippen LogP contribution >= 0.6 is 0 Å². The largest absolute Gasteiger partial charge is 0.477 e. The second kappa shape index (κ2) is 4.54. The molecule has 1 aromatic rings. The maximum Gasteiger partial charge on any atom is 0.354 e. The Morgan fingerprint density at radius 3 is 2.86 bits per heavy atom. The van der Waals surface area contributed by atoms with Gasteiger partial charge in [-0.15, -0.1) is 0 Å². The Morgan fingerprint density at radius 2 is 2.27 bits per heavy atom. The summed E-state index contributed by atoms with van der Waals surface area (Å²) in [6, 6.07) is 1.98. The molecule has 0 aliphatic heterocycles. The molecule has 1 aromatic heterocycles. The molecule has 0 aromatic carbocycles. The van der Waals surface area contributed by atoms with Crippen LogP contribution in [0.2, 0.25) is 0 Å². The minimum atomic E-state index is -0.997. The summed E-state index contributed by atoms with van der Waals surface area (Å²) in [5, 5.41) is 23.0. The van der Waals surface area contributed by atoms with E-state index in [4.69, 9.17) is 0 Å². The van der Waals surface area contributed by atoms with E-state index in [-0.39, 0.29) is 28.9 Å². The third-order valence-corrected chi connectivity index (χ3v) is 5.18. The fourth-order valence-electron chi connectivity index (χ4n) is 4.11. The molecule has 1 heterocycles. The maximum absolute atomic E-state index is 12.2. The Hall–Kier alpha value is -2.42. The first kappa shape index (κ1) is 14.5. The van der Waals surface area contributed by atoms with Gasteiger partial charge in [0.05, 0.1) is 11.3 Å². The van der Waals surface area contributed by atoms with Crippen molar-refractivity contribution < 1.29 is 14.7 Å². The summed E-state index contributed by atoms with van der Waals surface area (Å²) in [7, 11) is 1.62. The lowest BCUT2D eigenvalue weighted by atomic mass is 9.58. The molecule has 0 unspecified atom stereocenters. The molecule has 3 atom stereocenters. The first-order valence-corrected chi connectivity index (χ1v) is 7.28. The number of ketones is 1. The number of aromatic nitrogens is 2. The first-order chi connectivity index (χ1) is 10.3. The predicted molar refractivity (Wildman–Crippen MR) is 77.2 cm³/mol. The van der Waals surface area contributed by atoms with Gasteiger partial charge in [0.15, 0.2) is 5.78 Å². The van der Waals surface area contributed by atoms with Crippen LogP contribution in [0.3, 0.4) is 0 Å². The Kier molecular flexibility index (Phi) is 2.99. The maximum atomic E-state index is 12.2. The third kappa shape index (κ3) is 1.68. The van der Waals surface area contributed by atoms with Gasteiger partial charge < -0.3 is 5.11 Å². The van der Waals surface area contributed by atoms with E-state index in [2.05, 4.69) is 5.10 Å². The zero-order valence-corrected chi connectivity index (χ0v) is 12.8. The third-order valence-electron chi connectivity index (χ3n) is 5.18. The number of carboxylic acid groups (broad SMARTS) is 1. The number of nitrogens with zero attached hydrogens (tertiary/aromatic N) is 3. The van der Waals surface area contributed by atoms with Crippen LogP contribution in [0.15, 0.2) is 11.6 Å². The molecule has 0 saturated heterocycles. The SMILES string of the molecule is C[C@@H]1C(=O)C(C#N)=C[C@]2(C)c3nn(C)c(C(=O)O)c3CC[C@@H]12. The van der Waals surface area contributed by atoms with E-state index in [9.17, 15) is 20.0 Å². The Labute approximate surface area is 128 Å². The summed E-state index contributed by atoms with van der Waals surface area (Å²) in [5.41, 5.74) is 1.20. The van der Waals surface area contributed by atoms with E-state index in [0.29, 0.717) is 12.1 Å². The highest BCUT2D eigenvalue weighted by atomic mass is 16.4. The zero-order valence-electron chi connectivity index (χ0n) is 12.8. The number of allylic oxidation sites excluding steroid dienone is 2. The quantitative estimate of drug-likeness (QED) is 0.849. The molecule has 6 nitrogen and oxygen atoms in total. The minimum absolute atomic E-state index is 0.0427. The standard InChI is InChI=1S/C16H17N3O3/c1-8-11-5-4-10-12(15(21)22)19(3)18-14(10)16(11,2)6-9(7-17)13(8)20/h6,8,11H,4-5H2,1-3H3,(H,21,22)/t8-,11-,16-/m0/s1. The Balaban J connectivity index is 2.27. The van der Waals surface area contributed by atoms with Crippen LogP contribution in [-0.2, 0) is 23.7 Å². The number of hydrogen-bond acceptors (Lipinski definition) is 4. The minimum Gasteiger partial charge on any atom is -0.477 e. The van der Waals surface area contributed by atoms with Crippen molar-refractivity contribution in [3.63, 3.8) is 0 Å². The fourth-order valence-corrected chi connectivity index (χ4v) is 4.11. The number of nitriles is 1. The molecule has 0 saturated carbocycles. The van der Waals surface area contributed by atoms with E-state index in [0.717, 1.165) is 12.0 Å². The van der Waals surface area contributed by atoms with Crippen molar-refractivity contribution in [3.05, 3.63) is 28.6 Å². The molecule has 114 valence electrons. The van der Waals surface area contributed by atoms with Crippen molar-refractivity contribution in [2.75, 3.05) is 0 Å². The van der Waals surface area contributed by atoms with Gasteiger partial charge in [-0.3, -0.25) is 9.48 Å². The van der Waals surface area contributed by atoms with Crippen molar-refractivity contribution in [2.24, 2.45) is 18.9 Å². The number of carbonyl (C=O) groups excluding carboxylic acids is 1. The Bertz CT molecular complexity index is 768. The number of aromatic carboxylic acids is 1. The first-order valence-electron chi connectivity index (χ1n) is 7.28. The highest BCUT2D eigenvalue weighted by Gasteiger charge is 2.50. The summed E-state index contributed by atoms with van der Waals surface area (Å²) in [6.07, 6.45) is 3.01. The highest BCUT2D eigenvalue weighted by molar-refractivity contribution is 6.02. The van der Waals surface area contributed by atoms with E-state index in [1.807, 2.05) is 19.9 Å². The molecule has 0 radical (unpaired) electrons. The van der Waals surface area contributed by atoms with Gasteiger partial charge in [0.2, 0.25) is 0 Å². The molecule has 1 N–H and O–H groups in total. The molecule has 0 bridgehead atoms. The summed E-state index contributed by atoms with van der Waals surface area (Å²) in [4.78, 5) is 23.7. The zero-order chi connectivity index (χ0) is 16.2. The number of aryl methyl sites for hydroxylation is 1. The van der Waals surface area contributed by atoms with Gasteiger partial charge in [-0.2, -0.15) is 10.4 Å². The lowest BCUT2D eigenvalue weighted by molar-refractivity contribution is -0.121. The van der Waals surface area contributed by atoms with Crippen LogP contribution in [0.1, 0.15) is 42.0 Å². The lowest BCUT2D eigenvalue weighted by Gasteiger charge is -2.44. The normalized spacial score (nSPS) is 30.1. The topological polar surface area (TPSA) is 96.0 Å². The molecule has 3 rings (SSSR count).